The van der Waals surface area contributed by atoms with E-state index in [1.54, 1.807) is 11.8 Å². The van der Waals surface area contributed by atoms with E-state index in [1.807, 2.05) is 19.0 Å². The molecule has 3 heterocycles. The van der Waals surface area contributed by atoms with E-state index in [9.17, 15) is 0 Å². The molecule has 2 fully saturated rings. The Morgan fingerprint density at radius 2 is 1.81 bits per heavy atom. The largest absolute Gasteiger partial charge is 0.368 e. The summed E-state index contributed by atoms with van der Waals surface area (Å²) in [6.07, 6.45) is 6.16. The Morgan fingerprint density at radius 1 is 1.07 bits per heavy atom. The highest BCUT2D eigenvalue weighted by molar-refractivity contribution is 7.99. The molecule has 0 spiro atoms. The van der Waals surface area contributed by atoms with Crippen LogP contribution in [0.2, 0.25) is 0 Å². The zero-order valence-electron chi connectivity index (χ0n) is 16.2. The van der Waals surface area contributed by atoms with Gasteiger partial charge < -0.3 is 15.5 Å². The Kier molecular flexibility index (Phi) is 5.07. The smallest absolute Gasteiger partial charge is 0.229 e. The summed E-state index contributed by atoms with van der Waals surface area (Å²) in [6, 6.07) is 0.521. The molecular formula is C17H27N9S. The van der Waals surface area contributed by atoms with Gasteiger partial charge in [0.05, 0.1) is 5.25 Å². The molecule has 4 rings (SSSR count). The molecule has 1 saturated carbocycles. The van der Waals surface area contributed by atoms with Crippen LogP contribution in [0.4, 0.5) is 17.8 Å². The molecule has 2 aromatic heterocycles. The van der Waals surface area contributed by atoms with Crippen LogP contribution in [0.25, 0.3) is 0 Å². The van der Waals surface area contributed by atoms with Crippen molar-refractivity contribution in [2.75, 3.05) is 42.7 Å². The van der Waals surface area contributed by atoms with E-state index in [4.69, 9.17) is 5.73 Å². The predicted molar refractivity (Wildman–Crippen MR) is 107 cm³/mol. The predicted octanol–water partition coefficient (Wildman–Crippen LogP) is 2.29. The van der Waals surface area contributed by atoms with Crippen molar-refractivity contribution in [1.82, 2.24) is 29.7 Å². The standard InChI is InChI=1S/C17H27N9S/c1-11(13-19-14(18)21-15(20-13)24(2)3)27-17-23-22-16(26(17)12-7-8-12)25-9-5-4-6-10-25/h11-12H,4-10H2,1-3H3,(H2,18,19,20,21)/t11-/m1/s1. The Labute approximate surface area is 163 Å². The first-order valence-electron chi connectivity index (χ1n) is 9.58. The Hall–Kier alpha value is -2.10. The van der Waals surface area contributed by atoms with Gasteiger partial charge in [-0.15, -0.1) is 10.2 Å². The summed E-state index contributed by atoms with van der Waals surface area (Å²) in [5.74, 6) is 2.51. The van der Waals surface area contributed by atoms with Crippen molar-refractivity contribution in [1.29, 1.82) is 0 Å². The normalized spacial score (nSPS) is 18.6. The fourth-order valence-corrected chi connectivity index (χ4v) is 4.26. The van der Waals surface area contributed by atoms with Gasteiger partial charge >= 0.3 is 0 Å². The molecule has 2 aromatic rings. The van der Waals surface area contributed by atoms with E-state index >= 15 is 0 Å². The maximum atomic E-state index is 5.88. The molecule has 0 bridgehead atoms. The monoisotopic (exact) mass is 389 g/mol. The lowest BCUT2D eigenvalue weighted by atomic mass is 10.1. The third kappa shape index (κ3) is 3.95. The highest BCUT2D eigenvalue weighted by Crippen LogP contribution is 2.43. The molecule has 0 radical (unpaired) electrons. The summed E-state index contributed by atoms with van der Waals surface area (Å²) < 4.78 is 2.32. The molecule has 0 aromatic carbocycles. The van der Waals surface area contributed by atoms with Crippen molar-refractivity contribution in [3.63, 3.8) is 0 Å². The average molecular weight is 390 g/mol. The highest BCUT2D eigenvalue weighted by Gasteiger charge is 2.33. The van der Waals surface area contributed by atoms with Gasteiger partial charge in [0, 0.05) is 33.2 Å². The van der Waals surface area contributed by atoms with Gasteiger partial charge in [-0.3, -0.25) is 4.57 Å². The molecule has 1 aliphatic heterocycles. The SMILES string of the molecule is C[C@@H](Sc1nnc(N2CCCCC2)n1C1CC1)c1nc(N)nc(N(C)C)n1. The number of anilines is 3. The average Bonchev–Trinajstić information content (AvgIpc) is 3.42. The second-order valence-corrected chi connectivity index (χ2v) is 8.75. The van der Waals surface area contributed by atoms with Gasteiger partial charge in [0.1, 0.15) is 5.82 Å². The Bertz CT molecular complexity index is 796. The third-order valence-electron chi connectivity index (χ3n) is 4.90. The van der Waals surface area contributed by atoms with Crippen LogP contribution >= 0.6 is 11.8 Å². The van der Waals surface area contributed by atoms with E-state index < -0.39 is 0 Å². The van der Waals surface area contributed by atoms with Gasteiger partial charge in [-0.05, 0) is 39.0 Å². The summed E-state index contributed by atoms with van der Waals surface area (Å²) in [6.45, 7) is 4.22. The van der Waals surface area contributed by atoms with Crippen molar-refractivity contribution in [2.24, 2.45) is 0 Å². The molecule has 10 heteroatoms. The molecule has 0 amide bonds. The van der Waals surface area contributed by atoms with Crippen molar-refractivity contribution < 1.29 is 0 Å². The van der Waals surface area contributed by atoms with Crippen LogP contribution in [0.15, 0.2) is 5.16 Å². The second-order valence-electron chi connectivity index (χ2n) is 7.44. The first-order valence-corrected chi connectivity index (χ1v) is 10.5. The first-order chi connectivity index (χ1) is 13.0. The Morgan fingerprint density at radius 3 is 2.48 bits per heavy atom. The van der Waals surface area contributed by atoms with Crippen LogP contribution in [0, 0.1) is 0 Å². The van der Waals surface area contributed by atoms with Crippen molar-refractivity contribution in [2.45, 2.75) is 55.5 Å². The van der Waals surface area contributed by atoms with E-state index in [0.29, 0.717) is 17.8 Å². The van der Waals surface area contributed by atoms with Crippen LogP contribution < -0.4 is 15.5 Å². The lowest BCUT2D eigenvalue weighted by Gasteiger charge is -2.28. The molecule has 1 saturated heterocycles. The van der Waals surface area contributed by atoms with Crippen LogP contribution in [-0.4, -0.2) is 56.9 Å². The minimum Gasteiger partial charge on any atom is -0.368 e. The fraction of sp³-hybridized carbons (Fsp3) is 0.706. The fourth-order valence-electron chi connectivity index (χ4n) is 3.30. The van der Waals surface area contributed by atoms with E-state index in [1.165, 1.54) is 32.1 Å². The zero-order valence-corrected chi connectivity index (χ0v) is 17.0. The lowest BCUT2D eigenvalue weighted by molar-refractivity contribution is 0.548. The summed E-state index contributed by atoms with van der Waals surface area (Å²) in [5.41, 5.74) is 5.88. The van der Waals surface area contributed by atoms with Gasteiger partial charge in [-0.1, -0.05) is 11.8 Å². The van der Waals surface area contributed by atoms with Crippen molar-refractivity contribution in [3.8, 4) is 0 Å². The van der Waals surface area contributed by atoms with Gasteiger partial charge in [0.25, 0.3) is 0 Å². The van der Waals surface area contributed by atoms with Crippen LogP contribution in [-0.2, 0) is 0 Å². The van der Waals surface area contributed by atoms with E-state index in [2.05, 4.69) is 41.5 Å². The molecule has 0 unspecified atom stereocenters. The highest BCUT2D eigenvalue weighted by atomic mass is 32.2. The topological polar surface area (TPSA) is 102 Å². The maximum Gasteiger partial charge on any atom is 0.229 e. The quantitative estimate of drug-likeness (QED) is 0.745. The molecule has 1 atom stereocenters. The number of nitrogen functional groups attached to an aromatic ring is 1. The van der Waals surface area contributed by atoms with E-state index in [-0.39, 0.29) is 11.2 Å². The summed E-state index contributed by atoms with van der Waals surface area (Å²) in [5, 5.41) is 10.0. The number of nitrogens with zero attached hydrogens (tertiary/aromatic N) is 8. The maximum absolute atomic E-state index is 5.88. The van der Waals surface area contributed by atoms with Crippen LogP contribution in [0.3, 0.4) is 0 Å². The van der Waals surface area contributed by atoms with Gasteiger partial charge in [0.15, 0.2) is 5.16 Å². The number of rotatable bonds is 6. The van der Waals surface area contributed by atoms with Crippen LogP contribution in [0.5, 0.6) is 0 Å². The number of thioether (sulfide) groups is 1. The molecule has 27 heavy (non-hydrogen) atoms. The van der Waals surface area contributed by atoms with Crippen LogP contribution in [0.1, 0.15) is 56.1 Å². The van der Waals surface area contributed by atoms with Crippen molar-refractivity contribution in [3.05, 3.63) is 5.82 Å². The van der Waals surface area contributed by atoms with E-state index in [0.717, 1.165) is 24.2 Å². The van der Waals surface area contributed by atoms with Gasteiger partial charge in [0.2, 0.25) is 17.8 Å². The number of aromatic nitrogens is 6. The number of nitrogens with two attached hydrogens (primary N) is 1. The molecule has 9 nitrogen and oxygen atoms in total. The van der Waals surface area contributed by atoms with Gasteiger partial charge in [-0.25, -0.2) is 0 Å². The number of hydrogen-bond acceptors (Lipinski definition) is 9. The lowest BCUT2D eigenvalue weighted by Crippen LogP contribution is -2.31. The molecule has 2 N–H and O–H groups in total. The minimum atomic E-state index is 0.00454. The summed E-state index contributed by atoms with van der Waals surface area (Å²) >= 11 is 1.64. The van der Waals surface area contributed by atoms with Gasteiger partial charge in [-0.2, -0.15) is 15.0 Å². The number of hydrogen-bond donors (Lipinski definition) is 1. The summed E-state index contributed by atoms with van der Waals surface area (Å²) in [7, 11) is 3.79. The number of piperidine rings is 1. The second kappa shape index (κ2) is 7.49. The molecule has 1 aliphatic carbocycles. The molecular weight excluding hydrogens is 362 g/mol. The molecule has 2 aliphatic rings. The molecule has 146 valence electrons. The zero-order chi connectivity index (χ0) is 19.0. The Balaban J connectivity index is 1.58. The van der Waals surface area contributed by atoms with Crippen molar-refractivity contribution >= 4 is 29.6 Å². The third-order valence-corrected chi connectivity index (χ3v) is 5.95. The minimum absolute atomic E-state index is 0.00454. The summed E-state index contributed by atoms with van der Waals surface area (Å²) in [4.78, 5) is 17.3. The first kappa shape index (κ1) is 18.3.